The molecule has 2 heterocycles. The predicted octanol–water partition coefficient (Wildman–Crippen LogP) is 6.06. The molecule has 1 N–H and O–H groups in total. The van der Waals surface area contributed by atoms with Crippen LogP contribution in [0.4, 0.5) is 0 Å². The Bertz CT molecular complexity index is 1670. The molecule has 1 amide bonds. The molecule has 0 saturated carbocycles. The van der Waals surface area contributed by atoms with E-state index < -0.39 is 17.7 Å². The van der Waals surface area contributed by atoms with E-state index in [0.717, 1.165) is 11.1 Å². The first-order chi connectivity index (χ1) is 21.0. The second-order valence-electron chi connectivity index (χ2n) is 10.2. The van der Waals surface area contributed by atoms with Gasteiger partial charge in [0.15, 0.2) is 23.0 Å². The number of rotatable bonds is 9. The largest absolute Gasteiger partial charge is 0.507 e. The maximum absolute atomic E-state index is 13.6. The van der Waals surface area contributed by atoms with Crippen LogP contribution in [0, 0.1) is 0 Å². The summed E-state index contributed by atoms with van der Waals surface area (Å²) in [6.07, 6.45) is 0. The van der Waals surface area contributed by atoms with Crippen molar-refractivity contribution in [1.29, 1.82) is 0 Å². The maximum atomic E-state index is 13.6. The highest BCUT2D eigenvalue weighted by molar-refractivity contribution is 6.46. The SMILES string of the molecule is CCOc1cc(C2/C(=C(\O)c3ccc4c(c3)OCCO4)C(=O)C(=O)N2Cc2ccccc2)ccc1OCc1ccccc1. The van der Waals surface area contributed by atoms with E-state index in [1.165, 1.54) is 4.90 Å². The lowest BCUT2D eigenvalue weighted by molar-refractivity contribution is -0.140. The molecule has 43 heavy (non-hydrogen) atoms. The Morgan fingerprint density at radius 3 is 2.23 bits per heavy atom. The van der Waals surface area contributed by atoms with E-state index in [0.29, 0.717) is 60.6 Å². The minimum atomic E-state index is -0.879. The molecule has 4 aromatic rings. The first-order valence-electron chi connectivity index (χ1n) is 14.2. The van der Waals surface area contributed by atoms with Gasteiger partial charge < -0.3 is 29.0 Å². The first-order valence-corrected chi connectivity index (χ1v) is 14.2. The summed E-state index contributed by atoms with van der Waals surface area (Å²) in [6, 6.07) is 28.6. The highest BCUT2D eigenvalue weighted by Crippen LogP contribution is 2.44. The van der Waals surface area contributed by atoms with Gasteiger partial charge in [-0.3, -0.25) is 9.59 Å². The fourth-order valence-electron chi connectivity index (χ4n) is 5.33. The number of nitrogens with zero attached hydrogens (tertiary/aromatic N) is 1. The maximum Gasteiger partial charge on any atom is 0.295 e. The molecular formula is C35H31NO7. The van der Waals surface area contributed by atoms with Gasteiger partial charge >= 0.3 is 0 Å². The molecule has 0 aliphatic carbocycles. The number of carbonyl (C=O) groups is 2. The van der Waals surface area contributed by atoms with Crippen LogP contribution in [0.25, 0.3) is 5.76 Å². The lowest BCUT2D eigenvalue weighted by Crippen LogP contribution is -2.29. The zero-order chi connectivity index (χ0) is 29.8. The van der Waals surface area contributed by atoms with Crippen molar-refractivity contribution in [3.8, 4) is 23.0 Å². The summed E-state index contributed by atoms with van der Waals surface area (Å²) in [7, 11) is 0. The Morgan fingerprint density at radius 2 is 1.51 bits per heavy atom. The number of Topliss-reactive ketones (excluding diaryl/α,β-unsaturated/α-hetero) is 1. The molecule has 1 unspecified atom stereocenters. The molecular weight excluding hydrogens is 546 g/mol. The number of hydrogen-bond donors (Lipinski definition) is 1. The summed E-state index contributed by atoms with van der Waals surface area (Å²) < 4.78 is 23.4. The second-order valence-corrected chi connectivity index (χ2v) is 10.2. The van der Waals surface area contributed by atoms with Gasteiger partial charge in [-0.1, -0.05) is 66.7 Å². The summed E-state index contributed by atoms with van der Waals surface area (Å²) in [5.74, 6) is 0.256. The molecule has 0 aromatic heterocycles. The Kier molecular flexibility index (Phi) is 8.00. The highest BCUT2D eigenvalue weighted by Gasteiger charge is 2.46. The van der Waals surface area contributed by atoms with Crippen molar-refractivity contribution in [3.05, 3.63) is 125 Å². The van der Waals surface area contributed by atoms with E-state index in [-0.39, 0.29) is 17.9 Å². The van der Waals surface area contributed by atoms with Crippen LogP contribution < -0.4 is 18.9 Å². The smallest absolute Gasteiger partial charge is 0.295 e. The first kappa shape index (κ1) is 27.9. The summed E-state index contributed by atoms with van der Waals surface area (Å²) in [6.45, 7) is 3.57. The number of ether oxygens (including phenoxy) is 4. The molecule has 218 valence electrons. The number of benzene rings is 4. The minimum Gasteiger partial charge on any atom is -0.507 e. The number of hydrogen-bond acceptors (Lipinski definition) is 7. The number of carbonyl (C=O) groups excluding carboxylic acids is 2. The molecule has 2 aliphatic rings. The number of fused-ring (bicyclic) bond motifs is 1. The third-order valence-electron chi connectivity index (χ3n) is 7.37. The van der Waals surface area contributed by atoms with Crippen LogP contribution in [0.2, 0.25) is 0 Å². The van der Waals surface area contributed by atoms with Crippen LogP contribution in [0.3, 0.4) is 0 Å². The molecule has 1 atom stereocenters. The third-order valence-corrected chi connectivity index (χ3v) is 7.37. The molecule has 2 aliphatic heterocycles. The van der Waals surface area contributed by atoms with Crippen molar-refractivity contribution in [3.63, 3.8) is 0 Å². The average Bonchev–Trinajstić information content (AvgIpc) is 3.29. The van der Waals surface area contributed by atoms with E-state index in [1.807, 2.05) is 67.6 Å². The van der Waals surface area contributed by atoms with Gasteiger partial charge in [0, 0.05) is 12.1 Å². The van der Waals surface area contributed by atoms with Crippen LogP contribution in [0.5, 0.6) is 23.0 Å². The van der Waals surface area contributed by atoms with E-state index in [1.54, 1.807) is 36.4 Å². The highest BCUT2D eigenvalue weighted by atomic mass is 16.6. The molecule has 6 rings (SSSR count). The van der Waals surface area contributed by atoms with Gasteiger partial charge in [0.1, 0.15) is 25.6 Å². The van der Waals surface area contributed by atoms with Gasteiger partial charge in [-0.2, -0.15) is 0 Å². The Morgan fingerprint density at radius 1 is 0.814 bits per heavy atom. The van der Waals surface area contributed by atoms with E-state index in [2.05, 4.69) is 0 Å². The summed E-state index contributed by atoms with van der Waals surface area (Å²) >= 11 is 0. The van der Waals surface area contributed by atoms with Crippen molar-refractivity contribution in [2.75, 3.05) is 19.8 Å². The van der Waals surface area contributed by atoms with Gasteiger partial charge in [0.25, 0.3) is 11.7 Å². The van der Waals surface area contributed by atoms with Gasteiger partial charge in [0.05, 0.1) is 18.2 Å². The molecule has 1 fully saturated rings. The van der Waals surface area contributed by atoms with Gasteiger partial charge in [-0.05, 0) is 53.9 Å². The monoisotopic (exact) mass is 577 g/mol. The lowest BCUT2D eigenvalue weighted by Gasteiger charge is -2.26. The van der Waals surface area contributed by atoms with E-state index >= 15 is 0 Å². The van der Waals surface area contributed by atoms with Crippen molar-refractivity contribution in [2.24, 2.45) is 0 Å². The molecule has 0 spiro atoms. The number of aliphatic hydroxyl groups excluding tert-OH is 1. The molecule has 4 aromatic carbocycles. The predicted molar refractivity (Wildman–Crippen MR) is 160 cm³/mol. The Balaban J connectivity index is 1.43. The van der Waals surface area contributed by atoms with Crippen molar-refractivity contribution in [2.45, 2.75) is 26.1 Å². The molecule has 0 radical (unpaired) electrons. The van der Waals surface area contributed by atoms with Crippen molar-refractivity contribution < 1.29 is 33.6 Å². The quantitative estimate of drug-likeness (QED) is 0.147. The third kappa shape index (κ3) is 5.77. The van der Waals surface area contributed by atoms with Gasteiger partial charge in [-0.15, -0.1) is 0 Å². The topological polar surface area (TPSA) is 94.5 Å². The number of amides is 1. The summed E-state index contributed by atoms with van der Waals surface area (Å²) in [4.78, 5) is 28.6. The second kappa shape index (κ2) is 12.3. The zero-order valence-corrected chi connectivity index (χ0v) is 23.7. The molecule has 0 bridgehead atoms. The van der Waals surface area contributed by atoms with Crippen molar-refractivity contribution in [1.82, 2.24) is 4.90 Å². The number of likely N-dealkylation sites (tertiary alicyclic amines) is 1. The summed E-state index contributed by atoms with van der Waals surface area (Å²) in [5, 5.41) is 11.6. The fourth-order valence-corrected chi connectivity index (χ4v) is 5.33. The molecule has 1 saturated heterocycles. The normalized spacial score (nSPS) is 17.1. The van der Waals surface area contributed by atoms with Crippen LogP contribution in [0.15, 0.2) is 103 Å². The molecule has 8 nitrogen and oxygen atoms in total. The van der Waals surface area contributed by atoms with Crippen LogP contribution in [-0.4, -0.2) is 41.5 Å². The van der Waals surface area contributed by atoms with Gasteiger partial charge in [-0.25, -0.2) is 0 Å². The van der Waals surface area contributed by atoms with Crippen LogP contribution in [-0.2, 0) is 22.7 Å². The number of aliphatic hydroxyl groups is 1. The standard InChI is InChI=1S/C35H31NO7/c1-2-40-29-19-25(13-15-28(29)43-22-24-11-7-4-8-12-24)32-31(33(37)26-14-16-27-30(20-26)42-18-17-41-27)34(38)35(39)36(32)21-23-9-5-3-6-10-23/h3-16,19-20,32,37H,2,17-18,21-22H2,1H3/b33-31+. The Labute approximate surface area is 249 Å². The van der Waals surface area contributed by atoms with Crippen LogP contribution in [0.1, 0.15) is 35.2 Å². The number of ketones is 1. The van der Waals surface area contributed by atoms with E-state index in [9.17, 15) is 14.7 Å². The lowest BCUT2D eigenvalue weighted by atomic mass is 9.94. The fraction of sp³-hybridized carbons (Fsp3) is 0.200. The van der Waals surface area contributed by atoms with Crippen molar-refractivity contribution >= 4 is 17.4 Å². The molecule has 8 heteroatoms. The average molecular weight is 578 g/mol. The van der Waals surface area contributed by atoms with Crippen LogP contribution >= 0.6 is 0 Å². The minimum absolute atomic E-state index is 0.0157. The Hall–Kier alpha value is -5.24. The zero-order valence-electron chi connectivity index (χ0n) is 23.7. The van der Waals surface area contributed by atoms with E-state index in [4.69, 9.17) is 18.9 Å². The summed E-state index contributed by atoms with van der Waals surface area (Å²) in [5.41, 5.74) is 2.79. The van der Waals surface area contributed by atoms with Gasteiger partial charge in [0.2, 0.25) is 0 Å².